The smallest absolute Gasteiger partial charge is 0.306 e. The van der Waals surface area contributed by atoms with Gasteiger partial charge in [-0.25, -0.2) is 0 Å². The van der Waals surface area contributed by atoms with Gasteiger partial charge in [-0.15, -0.1) is 0 Å². The van der Waals surface area contributed by atoms with Crippen molar-refractivity contribution in [3.05, 3.63) is 24.3 Å². The molecule has 1 aliphatic heterocycles. The summed E-state index contributed by atoms with van der Waals surface area (Å²) in [7, 11) is 0. The van der Waals surface area contributed by atoms with Crippen molar-refractivity contribution in [1.82, 2.24) is 0 Å². The van der Waals surface area contributed by atoms with E-state index in [1.807, 2.05) is 0 Å². The van der Waals surface area contributed by atoms with Crippen LogP contribution in [0.1, 0.15) is 226 Å². The first-order valence-electron chi connectivity index (χ1n) is 24.9. The van der Waals surface area contributed by atoms with Crippen LogP contribution in [0.15, 0.2) is 24.3 Å². The van der Waals surface area contributed by atoms with Crippen LogP contribution in [0, 0.1) is 0 Å². The zero-order chi connectivity index (χ0) is 43.7. The zero-order valence-corrected chi connectivity index (χ0v) is 38.5. The number of unbranched alkanes of at least 4 members (excludes halogenated alkanes) is 27. The lowest BCUT2D eigenvalue weighted by molar-refractivity contribution is -0.305. The van der Waals surface area contributed by atoms with Crippen LogP contribution in [0.3, 0.4) is 0 Å². The fourth-order valence-corrected chi connectivity index (χ4v) is 7.60. The van der Waals surface area contributed by atoms with Crippen LogP contribution >= 0.6 is 0 Å². The molecule has 352 valence electrons. The minimum Gasteiger partial charge on any atom is -0.462 e. The van der Waals surface area contributed by atoms with Crippen LogP contribution in [0.4, 0.5) is 0 Å². The molecule has 1 heterocycles. The first kappa shape index (κ1) is 56.2. The molecule has 10 heteroatoms. The molecular weight excluding hydrogens is 761 g/mol. The van der Waals surface area contributed by atoms with Gasteiger partial charge in [0.25, 0.3) is 0 Å². The summed E-state index contributed by atoms with van der Waals surface area (Å²) in [6.45, 7) is 3.39. The second kappa shape index (κ2) is 41.2. The summed E-state index contributed by atoms with van der Waals surface area (Å²) in [5.74, 6) is -0.847. The normalized spacial score (nSPS) is 20.0. The Labute approximate surface area is 366 Å². The highest BCUT2D eigenvalue weighted by molar-refractivity contribution is 5.70. The number of carbonyl (C=O) groups is 2. The highest BCUT2D eigenvalue weighted by atomic mass is 16.7. The largest absolute Gasteiger partial charge is 0.462 e. The third-order valence-electron chi connectivity index (χ3n) is 11.6. The fraction of sp³-hybridized carbons (Fsp3) is 0.880. The Balaban J connectivity index is 2.25. The summed E-state index contributed by atoms with van der Waals surface area (Å²) < 4.78 is 22.1. The number of aliphatic hydroxyl groups is 4. The number of ether oxygens (including phenoxy) is 4. The highest BCUT2D eigenvalue weighted by Gasteiger charge is 2.44. The van der Waals surface area contributed by atoms with Gasteiger partial charge in [0.15, 0.2) is 12.4 Å². The maximum absolute atomic E-state index is 12.8. The predicted molar refractivity (Wildman–Crippen MR) is 243 cm³/mol. The molecule has 60 heavy (non-hydrogen) atoms. The second-order valence-corrected chi connectivity index (χ2v) is 17.3. The maximum atomic E-state index is 12.8. The van der Waals surface area contributed by atoms with Gasteiger partial charge in [-0.1, -0.05) is 179 Å². The van der Waals surface area contributed by atoms with Crippen molar-refractivity contribution in [1.29, 1.82) is 0 Å². The molecule has 0 radical (unpaired) electrons. The quantitative estimate of drug-likeness (QED) is 0.0265. The van der Waals surface area contributed by atoms with Crippen LogP contribution < -0.4 is 0 Å². The predicted octanol–water partition coefficient (Wildman–Crippen LogP) is 11.3. The molecule has 0 amide bonds. The molecule has 1 rings (SSSR count). The molecule has 0 aromatic carbocycles. The van der Waals surface area contributed by atoms with Crippen LogP contribution in [0.25, 0.3) is 0 Å². The molecule has 6 atom stereocenters. The Bertz CT molecular complexity index is 1030. The molecule has 4 N–H and O–H groups in total. The van der Waals surface area contributed by atoms with Gasteiger partial charge in [0.2, 0.25) is 0 Å². The van der Waals surface area contributed by atoms with E-state index in [2.05, 4.69) is 38.2 Å². The van der Waals surface area contributed by atoms with E-state index in [-0.39, 0.29) is 32.0 Å². The highest BCUT2D eigenvalue weighted by Crippen LogP contribution is 2.23. The molecule has 0 saturated carbocycles. The Hall–Kier alpha value is -1.82. The van der Waals surface area contributed by atoms with Gasteiger partial charge in [-0.2, -0.15) is 0 Å². The standard InChI is InChI=1S/C50H92O10/c1-3-5-7-9-11-13-15-17-18-19-20-21-22-23-24-25-26-27-29-31-33-35-37-39-46(53)59-43(42-58-50-49(56)48(55)47(54)44(40-51)60-50)41-57-45(52)38-36-34-32-30-28-16-14-12-10-8-6-4-2/h12,14,31,33,43-44,47-51,54-56H,3-11,13,15-30,32,34-42H2,1-2H3/b14-12+,33-31+/t43-,44-,47+,48?,49?,50-/m1/s1. The van der Waals surface area contributed by atoms with E-state index in [1.54, 1.807) is 0 Å². The lowest BCUT2D eigenvalue weighted by Gasteiger charge is -2.39. The van der Waals surface area contributed by atoms with E-state index in [9.17, 15) is 30.0 Å². The summed E-state index contributed by atoms with van der Waals surface area (Å²) in [5, 5.41) is 40.1. The number of carbonyl (C=O) groups excluding carboxylic acids is 2. The summed E-state index contributed by atoms with van der Waals surface area (Å²) >= 11 is 0. The molecule has 2 unspecified atom stereocenters. The first-order valence-corrected chi connectivity index (χ1v) is 24.9. The molecule has 0 bridgehead atoms. The Morgan fingerprint density at radius 1 is 0.500 bits per heavy atom. The van der Waals surface area contributed by atoms with Crippen LogP contribution in [-0.2, 0) is 28.5 Å². The summed E-state index contributed by atoms with van der Waals surface area (Å²) in [5.41, 5.74) is 0. The Kier molecular flexibility index (Phi) is 38.6. The summed E-state index contributed by atoms with van der Waals surface area (Å²) in [4.78, 5) is 25.3. The molecular formula is C50H92O10. The first-order chi connectivity index (χ1) is 29.3. The van der Waals surface area contributed by atoms with Gasteiger partial charge in [0, 0.05) is 12.8 Å². The minimum absolute atomic E-state index is 0.183. The van der Waals surface area contributed by atoms with E-state index < -0.39 is 49.4 Å². The van der Waals surface area contributed by atoms with Gasteiger partial charge in [-0.05, 0) is 57.8 Å². The van der Waals surface area contributed by atoms with Gasteiger partial charge in [0.1, 0.15) is 31.0 Å². The van der Waals surface area contributed by atoms with E-state index in [1.165, 1.54) is 135 Å². The molecule has 0 spiro atoms. The van der Waals surface area contributed by atoms with Crippen LogP contribution in [-0.4, -0.2) is 89.0 Å². The van der Waals surface area contributed by atoms with Gasteiger partial charge >= 0.3 is 11.9 Å². The Morgan fingerprint density at radius 3 is 1.38 bits per heavy atom. The number of hydrogen-bond donors (Lipinski definition) is 4. The fourth-order valence-electron chi connectivity index (χ4n) is 7.60. The van der Waals surface area contributed by atoms with Crippen molar-refractivity contribution in [2.75, 3.05) is 19.8 Å². The number of aliphatic hydroxyl groups excluding tert-OH is 4. The molecule has 0 aromatic rings. The molecule has 1 fully saturated rings. The molecule has 1 saturated heterocycles. The molecule has 1 aliphatic rings. The third-order valence-corrected chi connectivity index (χ3v) is 11.6. The SMILES string of the molecule is CCCCC/C=C/CCCCCCCC(=O)OC[C@H](CO[C@@H]1O[C@H](CO)[C@H](O)C(O)C1O)OC(=O)CCC/C=C/CCCCCCCCCCCCCCCCCCCC. The van der Waals surface area contributed by atoms with Crippen molar-refractivity contribution in [2.24, 2.45) is 0 Å². The average Bonchev–Trinajstić information content (AvgIpc) is 3.25. The van der Waals surface area contributed by atoms with Crippen LogP contribution in [0.2, 0.25) is 0 Å². The number of rotatable bonds is 42. The molecule has 10 nitrogen and oxygen atoms in total. The van der Waals surface area contributed by atoms with Crippen molar-refractivity contribution >= 4 is 11.9 Å². The maximum Gasteiger partial charge on any atom is 0.306 e. The van der Waals surface area contributed by atoms with Gasteiger partial charge in [-0.3, -0.25) is 9.59 Å². The lowest BCUT2D eigenvalue weighted by Crippen LogP contribution is -2.59. The molecule has 0 aliphatic carbocycles. The minimum atomic E-state index is -1.60. The molecule has 0 aromatic heterocycles. The second-order valence-electron chi connectivity index (χ2n) is 17.3. The summed E-state index contributed by atoms with van der Waals surface area (Å²) in [6.07, 6.45) is 39.2. The van der Waals surface area contributed by atoms with Gasteiger partial charge < -0.3 is 39.4 Å². The zero-order valence-electron chi connectivity index (χ0n) is 38.5. The van der Waals surface area contributed by atoms with Crippen molar-refractivity contribution < 1.29 is 49.0 Å². The van der Waals surface area contributed by atoms with Crippen molar-refractivity contribution in [3.63, 3.8) is 0 Å². The Morgan fingerprint density at radius 2 is 0.900 bits per heavy atom. The van der Waals surface area contributed by atoms with Gasteiger partial charge in [0.05, 0.1) is 13.2 Å². The number of esters is 2. The van der Waals surface area contributed by atoms with E-state index in [4.69, 9.17) is 18.9 Å². The lowest BCUT2D eigenvalue weighted by atomic mass is 9.99. The van der Waals surface area contributed by atoms with E-state index in [0.717, 1.165) is 51.4 Å². The number of allylic oxidation sites excluding steroid dienone is 4. The number of hydrogen-bond acceptors (Lipinski definition) is 10. The van der Waals surface area contributed by atoms with Crippen molar-refractivity contribution in [3.8, 4) is 0 Å². The van der Waals surface area contributed by atoms with E-state index >= 15 is 0 Å². The van der Waals surface area contributed by atoms with E-state index in [0.29, 0.717) is 12.8 Å². The van der Waals surface area contributed by atoms with Crippen LogP contribution in [0.5, 0.6) is 0 Å². The monoisotopic (exact) mass is 853 g/mol. The third kappa shape index (κ3) is 31.9. The average molecular weight is 853 g/mol. The summed E-state index contributed by atoms with van der Waals surface area (Å²) in [6, 6.07) is 0. The van der Waals surface area contributed by atoms with Crippen molar-refractivity contribution in [2.45, 2.75) is 263 Å². The topological polar surface area (TPSA) is 152 Å².